The van der Waals surface area contributed by atoms with E-state index in [1.807, 2.05) is 7.05 Å². The Hall–Kier alpha value is -0.860. The average Bonchev–Trinajstić information content (AvgIpc) is 2.40. The van der Waals surface area contributed by atoms with Gasteiger partial charge in [-0.05, 0) is 38.5 Å². The molecule has 0 saturated heterocycles. The van der Waals surface area contributed by atoms with Crippen molar-refractivity contribution < 1.29 is 0 Å². The molecule has 0 aromatic heterocycles. The van der Waals surface area contributed by atoms with Crippen molar-refractivity contribution in [2.75, 3.05) is 33.2 Å². The number of nitrogens with zero attached hydrogens (tertiary/aromatic N) is 1. The highest BCUT2D eigenvalue weighted by atomic mass is 15.1. The quantitative estimate of drug-likeness (QED) is 0.734. The second-order valence-electron chi connectivity index (χ2n) is 5.73. The molecule has 2 nitrogen and oxygen atoms in total. The van der Waals surface area contributed by atoms with Crippen LogP contribution < -0.4 is 5.32 Å². The van der Waals surface area contributed by atoms with Crippen molar-refractivity contribution in [2.45, 2.75) is 39.0 Å². The second kappa shape index (κ2) is 8.34. The molecule has 0 heterocycles. The third-order valence-corrected chi connectivity index (χ3v) is 3.69. The van der Waals surface area contributed by atoms with E-state index in [0.29, 0.717) is 0 Å². The van der Waals surface area contributed by atoms with E-state index in [-0.39, 0.29) is 5.41 Å². The van der Waals surface area contributed by atoms with Crippen molar-refractivity contribution >= 4 is 0 Å². The van der Waals surface area contributed by atoms with E-state index in [9.17, 15) is 0 Å². The number of hydrogen-bond donors (Lipinski definition) is 1. The highest BCUT2D eigenvalue weighted by Gasteiger charge is 2.28. The summed E-state index contributed by atoms with van der Waals surface area (Å²) in [6.07, 6.45) is 2.45. The molecule has 0 aliphatic heterocycles. The number of benzene rings is 1. The van der Waals surface area contributed by atoms with Crippen LogP contribution in [-0.2, 0) is 5.41 Å². The van der Waals surface area contributed by atoms with E-state index in [1.165, 1.54) is 31.5 Å². The van der Waals surface area contributed by atoms with E-state index >= 15 is 0 Å². The first kappa shape index (κ1) is 16.2. The molecule has 1 aromatic carbocycles. The van der Waals surface area contributed by atoms with Crippen LogP contribution in [0.25, 0.3) is 0 Å². The lowest BCUT2D eigenvalue weighted by atomic mass is 9.81. The van der Waals surface area contributed by atoms with E-state index in [4.69, 9.17) is 0 Å². The normalized spacial score (nSPS) is 14.6. The Morgan fingerprint density at radius 2 is 1.63 bits per heavy atom. The lowest BCUT2D eigenvalue weighted by molar-refractivity contribution is 0.213. The van der Waals surface area contributed by atoms with Crippen LogP contribution in [-0.4, -0.2) is 38.1 Å². The molecule has 0 fully saturated rings. The molecule has 0 spiro atoms. The smallest absolute Gasteiger partial charge is 0.0176 e. The van der Waals surface area contributed by atoms with Crippen molar-refractivity contribution in [1.82, 2.24) is 10.2 Å². The molecule has 0 saturated carbocycles. The highest BCUT2D eigenvalue weighted by molar-refractivity contribution is 5.25. The maximum Gasteiger partial charge on any atom is 0.0176 e. The van der Waals surface area contributed by atoms with Crippen molar-refractivity contribution in [3.63, 3.8) is 0 Å². The van der Waals surface area contributed by atoms with Gasteiger partial charge in [0.15, 0.2) is 0 Å². The maximum absolute atomic E-state index is 3.37. The largest absolute Gasteiger partial charge is 0.319 e. The first-order valence-corrected chi connectivity index (χ1v) is 7.58. The van der Waals surface area contributed by atoms with E-state index in [0.717, 1.165) is 13.1 Å². The molecule has 1 atom stereocenters. The summed E-state index contributed by atoms with van der Waals surface area (Å²) in [7, 11) is 2.05. The predicted molar refractivity (Wildman–Crippen MR) is 84.7 cm³/mol. The Balaban J connectivity index is 2.85. The van der Waals surface area contributed by atoms with E-state index in [1.54, 1.807) is 0 Å². The van der Waals surface area contributed by atoms with Gasteiger partial charge in [0.2, 0.25) is 0 Å². The van der Waals surface area contributed by atoms with Crippen LogP contribution in [0.4, 0.5) is 0 Å². The molecule has 0 amide bonds. The lowest BCUT2D eigenvalue weighted by Crippen LogP contribution is -2.45. The topological polar surface area (TPSA) is 15.3 Å². The van der Waals surface area contributed by atoms with Crippen LogP contribution in [0.3, 0.4) is 0 Å². The fourth-order valence-electron chi connectivity index (χ4n) is 2.88. The molecule has 1 aromatic rings. The van der Waals surface area contributed by atoms with Crippen LogP contribution in [0.1, 0.15) is 39.2 Å². The number of nitrogens with one attached hydrogen (secondary N) is 1. The number of hydrogen-bond acceptors (Lipinski definition) is 2. The first-order chi connectivity index (χ1) is 9.16. The molecule has 1 N–H and O–H groups in total. The third-order valence-electron chi connectivity index (χ3n) is 3.69. The van der Waals surface area contributed by atoms with Gasteiger partial charge in [0.05, 0.1) is 0 Å². The van der Waals surface area contributed by atoms with Gasteiger partial charge in [0.25, 0.3) is 0 Å². The molecular weight excluding hydrogens is 232 g/mol. The summed E-state index contributed by atoms with van der Waals surface area (Å²) >= 11 is 0. The Kier molecular flexibility index (Phi) is 7.11. The van der Waals surface area contributed by atoms with Crippen molar-refractivity contribution in [3.8, 4) is 0 Å². The Labute approximate surface area is 119 Å². The van der Waals surface area contributed by atoms with Crippen molar-refractivity contribution in [1.29, 1.82) is 0 Å². The summed E-state index contributed by atoms with van der Waals surface area (Å²) in [4.78, 5) is 2.60. The molecule has 19 heavy (non-hydrogen) atoms. The Bertz CT molecular complexity index is 330. The van der Waals surface area contributed by atoms with Crippen LogP contribution in [0.5, 0.6) is 0 Å². The minimum atomic E-state index is 0.181. The highest BCUT2D eigenvalue weighted by Crippen LogP contribution is 2.24. The molecule has 1 rings (SSSR count). The summed E-state index contributed by atoms with van der Waals surface area (Å²) in [5.74, 6) is 0. The number of likely N-dealkylation sites (N-methyl/N-ethyl adjacent to an activating group) is 1. The summed E-state index contributed by atoms with van der Waals surface area (Å²) < 4.78 is 0. The van der Waals surface area contributed by atoms with Crippen LogP contribution in [0.2, 0.25) is 0 Å². The van der Waals surface area contributed by atoms with E-state index < -0.39 is 0 Å². The van der Waals surface area contributed by atoms with Crippen molar-refractivity contribution in [2.24, 2.45) is 0 Å². The minimum Gasteiger partial charge on any atom is -0.319 e. The summed E-state index contributed by atoms with van der Waals surface area (Å²) in [5.41, 5.74) is 1.61. The summed E-state index contributed by atoms with van der Waals surface area (Å²) in [5, 5.41) is 3.37. The minimum absolute atomic E-state index is 0.181. The fraction of sp³-hybridized carbons (Fsp3) is 0.647. The molecule has 1 unspecified atom stereocenters. The van der Waals surface area contributed by atoms with Gasteiger partial charge in [-0.2, -0.15) is 0 Å². The molecule has 108 valence electrons. The molecular formula is C17H30N2. The van der Waals surface area contributed by atoms with Gasteiger partial charge >= 0.3 is 0 Å². The zero-order chi connectivity index (χ0) is 14.1. The van der Waals surface area contributed by atoms with Crippen molar-refractivity contribution in [3.05, 3.63) is 35.9 Å². The van der Waals surface area contributed by atoms with Gasteiger partial charge in [0.1, 0.15) is 0 Å². The first-order valence-electron chi connectivity index (χ1n) is 7.58. The monoisotopic (exact) mass is 262 g/mol. The van der Waals surface area contributed by atoms with Gasteiger partial charge in [-0.25, -0.2) is 0 Å². The standard InChI is InChI=1S/C17H30N2/c1-5-12-19(13-6-2)15-17(3,14-18-4)16-10-8-7-9-11-16/h7-11,18H,5-6,12-15H2,1-4H3. The molecule has 2 heteroatoms. The Morgan fingerprint density at radius 1 is 1.05 bits per heavy atom. The summed E-state index contributed by atoms with van der Waals surface area (Å²) in [6.45, 7) is 11.4. The molecule has 0 bridgehead atoms. The zero-order valence-electron chi connectivity index (χ0n) is 13.1. The van der Waals surface area contributed by atoms with Gasteiger partial charge in [-0.15, -0.1) is 0 Å². The third kappa shape index (κ3) is 4.96. The van der Waals surface area contributed by atoms with E-state index in [2.05, 4.69) is 61.3 Å². The van der Waals surface area contributed by atoms with Gasteiger partial charge in [-0.3, -0.25) is 0 Å². The average molecular weight is 262 g/mol. The Morgan fingerprint density at radius 3 is 2.11 bits per heavy atom. The van der Waals surface area contributed by atoms with Crippen LogP contribution >= 0.6 is 0 Å². The van der Waals surface area contributed by atoms with Gasteiger partial charge in [-0.1, -0.05) is 51.1 Å². The van der Waals surface area contributed by atoms with Crippen LogP contribution in [0, 0.1) is 0 Å². The number of rotatable bonds is 9. The van der Waals surface area contributed by atoms with Gasteiger partial charge in [0, 0.05) is 18.5 Å². The fourth-order valence-corrected chi connectivity index (χ4v) is 2.88. The maximum atomic E-state index is 3.37. The lowest BCUT2D eigenvalue weighted by Gasteiger charge is -2.36. The predicted octanol–water partition coefficient (Wildman–Crippen LogP) is 3.29. The van der Waals surface area contributed by atoms with Gasteiger partial charge < -0.3 is 10.2 Å². The zero-order valence-corrected chi connectivity index (χ0v) is 13.1. The molecule has 0 aliphatic rings. The second-order valence-corrected chi connectivity index (χ2v) is 5.73. The SMILES string of the molecule is CCCN(CCC)CC(C)(CNC)c1ccccc1. The van der Waals surface area contributed by atoms with Crippen LogP contribution in [0.15, 0.2) is 30.3 Å². The summed E-state index contributed by atoms with van der Waals surface area (Å²) in [6, 6.07) is 10.9. The molecule has 0 aliphatic carbocycles. The molecule has 0 radical (unpaired) electrons.